The predicted octanol–water partition coefficient (Wildman–Crippen LogP) is 5.04. The molecule has 0 fully saturated rings. The highest BCUT2D eigenvalue weighted by atomic mass is 35.5. The van der Waals surface area contributed by atoms with Crippen molar-refractivity contribution in [3.05, 3.63) is 71.9 Å². The first-order chi connectivity index (χ1) is 10.8. The van der Waals surface area contributed by atoms with Crippen molar-refractivity contribution in [2.24, 2.45) is 0 Å². The molecule has 0 saturated carbocycles. The highest BCUT2D eigenvalue weighted by Gasteiger charge is 2.06. The van der Waals surface area contributed by atoms with Crippen molar-refractivity contribution in [3.8, 4) is 11.6 Å². The molecule has 0 unspecified atom stereocenters. The van der Waals surface area contributed by atoms with Crippen LogP contribution < -0.4 is 9.46 Å². The first-order valence-electron chi connectivity index (χ1n) is 6.55. The zero-order valence-corrected chi connectivity index (χ0v) is 13.0. The highest BCUT2D eigenvalue weighted by molar-refractivity contribution is 8.00. The molecule has 3 rings (SSSR count). The standard InChI is InChI=1S/C16H12ClN3OS/c17-14-11-15(21-12-7-3-1-4-8-12)19-16(18-14)20-22-13-9-5-2-6-10-13/h1-11H,(H,18,19,20). The average molecular weight is 330 g/mol. The van der Waals surface area contributed by atoms with Crippen molar-refractivity contribution in [2.75, 3.05) is 4.72 Å². The van der Waals surface area contributed by atoms with Crippen molar-refractivity contribution in [1.29, 1.82) is 0 Å². The SMILES string of the molecule is Clc1cc(Oc2ccccc2)nc(NSc2ccccc2)n1. The van der Waals surface area contributed by atoms with Crippen molar-refractivity contribution in [2.45, 2.75) is 4.90 Å². The summed E-state index contributed by atoms with van der Waals surface area (Å²) in [5.74, 6) is 1.48. The largest absolute Gasteiger partial charge is 0.439 e. The number of ether oxygens (including phenoxy) is 1. The Bertz CT molecular complexity index is 741. The summed E-state index contributed by atoms with van der Waals surface area (Å²) in [6, 6.07) is 20.9. The molecule has 0 atom stereocenters. The number of hydrogen-bond donors (Lipinski definition) is 1. The van der Waals surface area contributed by atoms with E-state index in [1.54, 1.807) is 6.07 Å². The van der Waals surface area contributed by atoms with Gasteiger partial charge in [-0.15, -0.1) is 0 Å². The molecule has 1 heterocycles. The van der Waals surface area contributed by atoms with E-state index in [0.717, 1.165) is 4.90 Å². The van der Waals surface area contributed by atoms with Gasteiger partial charge in [0.25, 0.3) is 0 Å². The van der Waals surface area contributed by atoms with Crippen LogP contribution in [-0.4, -0.2) is 9.97 Å². The van der Waals surface area contributed by atoms with Crippen LogP contribution >= 0.6 is 23.5 Å². The van der Waals surface area contributed by atoms with E-state index in [0.29, 0.717) is 22.7 Å². The second kappa shape index (κ2) is 7.15. The molecule has 22 heavy (non-hydrogen) atoms. The molecule has 0 amide bonds. The maximum Gasteiger partial charge on any atom is 0.237 e. The minimum absolute atomic E-state index is 0.317. The molecule has 0 aliphatic rings. The monoisotopic (exact) mass is 329 g/mol. The Hall–Kier alpha value is -2.24. The third-order valence-corrected chi connectivity index (χ3v) is 3.63. The Balaban J connectivity index is 1.72. The van der Waals surface area contributed by atoms with Gasteiger partial charge >= 0.3 is 0 Å². The first kappa shape index (κ1) is 14.7. The number of para-hydroxylation sites is 1. The van der Waals surface area contributed by atoms with E-state index in [2.05, 4.69) is 14.7 Å². The number of rotatable bonds is 5. The zero-order chi connectivity index (χ0) is 15.2. The molecule has 0 aliphatic heterocycles. The lowest BCUT2D eigenvalue weighted by Gasteiger charge is -2.08. The van der Waals surface area contributed by atoms with Crippen LogP contribution in [0.3, 0.4) is 0 Å². The van der Waals surface area contributed by atoms with Gasteiger partial charge in [0, 0.05) is 11.0 Å². The molecular weight excluding hydrogens is 318 g/mol. The highest BCUT2D eigenvalue weighted by Crippen LogP contribution is 2.25. The first-order valence-corrected chi connectivity index (χ1v) is 7.74. The average Bonchev–Trinajstić information content (AvgIpc) is 2.54. The lowest BCUT2D eigenvalue weighted by atomic mass is 10.3. The zero-order valence-electron chi connectivity index (χ0n) is 11.4. The van der Waals surface area contributed by atoms with Gasteiger partial charge in [0.1, 0.15) is 10.9 Å². The second-order valence-electron chi connectivity index (χ2n) is 4.28. The molecule has 0 radical (unpaired) electrons. The number of hydrogen-bond acceptors (Lipinski definition) is 5. The topological polar surface area (TPSA) is 47.0 Å². The summed E-state index contributed by atoms with van der Waals surface area (Å²) >= 11 is 7.43. The van der Waals surface area contributed by atoms with Crippen LogP contribution in [0, 0.1) is 0 Å². The Morgan fingerprint density at radius 3 is 2.32 bits per heavy atom. The predicted molar refractivity (Wildman–Crippen MR) is 89.5 cm³/mol. The third-order valence-electron chi connectivity index (χ3n) is 2.64. The smallest absolute Gasteiger partial charge is 0.237 e. The van der Waals surface area contributed by atoms with E-state index in [9.17, 15) is 0 Å². The molecule has 3 aromatic rings. The molecule has 0 spiro atoms. The molecule has 2 aromatic carbocycles. The third kappa shape index (κ3) is 4.13. The number of nitrogens with one attached hydrogen (secondary N) is 1. The maximum absolute atomic E-state index is 6.02. The molecule has 6 heteroatoms. The van der Waals surface area contributed by atoms with Gasteiger partial charge in [0.2, 0.25) is 11.8 Å². The normalized spacial score (nSPS) is 10.2. The minimum atomic E-state index is 0.317. The molecule has 4 nitrogen and oxygen atoms in total. The van der Waals surface area contributed by atoms with Crippen molar-refractivity contribution in [1.82, 2.24) is 9.97 Å². The molecule has 1 N–H and O–H groups in total. The minimum Gasteiger partial charge on any atom is -0.439 e. The van der Waals surface area contributed by atoms with Crippen molar-refractivity contribution < 1.29 is 4.74 Å². The Labute approximate surface area is 137 Å². The summed E-state index contributed by atoms with van der Waals surface area (Å²) < 4.78 is 8.73. The van der Waals surface area contributed by atoms with Crippen LogP contribution in [-0.2, 0) is 0 Å². The van der Waals surface area contributed by atoms with Gasteiger partial charge in [-0.2, -0.15) is 4.98 Å². The number of anilines is 1. The quantitative estimate of drug-likeness (QED) is 0.524. The van der Waals surface area contributed by atoms with Crippen LogP contribution in [0.25, 0.3) is 0 Å². The summed E-state index contributed by atoms with van der Waals surface area (Å²) in [6.07, 6.45) is 0. The lowest BCUT2D eigenvalue weighted by molar-refractivity contribution is 0.462. The van der Waals surface area contributed by atoms with Crippen LogP contribution in [0.4, 0.5) is 5.95 Å². The van der Waals surface area contributed by atoms with E-state index < -0.39 is 0 Å². The number of nitrogens with zero attached hydrogens (tertiary/aromatic N) is 2. The van der Waals surface area contributed by atoms with Gasteiger partial charge in [-0.1, -0.05) is 48.0 Å². The van der Waals surface area contributed by atoms with Crippen LogP contribution in [0.15, 0.2) is 71.6 Å². The van der Waals surface area contributed by atoms with Gasteiger partial charge in [-0.25, -0.2) is 4.98 Å². The van der Waals surface area contributed by atoms with Crippen LogP contribution in [0.2, 0.25) is 5.15 Å². The second-order valence-corrected chi connectivity index (χ2v) is 5.55. The fraction of sp³-hybridized carbons (Fsp3) is 0. The van der Waals surface area contributed by atoms with Crippen molar-refractivity contribution in [3.63, 3.8) is 0 Å². The number of benzene rings is 2. The van der Waals surface area contributed by atoms with Gasteiger partial charge in [-0.3, -0.25) is 4.72 Å². The molecule has 0 saturated heterocycles. The fourth-order valence-electron chi connectivity index (χ4n) is 1.70. The van der Waals surface area contributed by atoms with E-state index in [-0.39, 0.29) is 0 Å². The summed E-state index contributed by atoms with van der Waals surface area (Å²) in [5, 5.41) is 0.317. The van der Waals surface area contributed by atoms with Crippen molar-refractivity contribution >= 4 is 29.5 Å². The Kier molecular flexibility index (Phi) is 4.78. The number of aromatic nitrogens is 2. The molecule has 1 aromatic heterocycles. The van der Waals surface area contributed by atoms with Crippen LogP contribution in [0.5, 0.6) is 11.6 Å². The maximum atomic E-state index is 6.02. The van der Waals surface area contributed by atoms with Gasteiger partial charge in [-0.05, 0) is 36.2 Å². The van der Waals surface area contributed by atoms with E-state index in [1.807, 2.05) is 60.7 Å². The van der Waals surface area contributed by atoms with Gasteiger partial charge < -0.3 is 4.74 Å². The Morgan fingerprint density at radius 2 is 1.59 bits per heavy atom. The fourth-order valence-corrected chi connectivity index (χ4v) is 2.46. The molecule has 0 bridgehead atoms. The summed E-state index contributed by atoms with van der Waals surface area (Å²) in [5.41, 5.74) is 0. The van der Waals surface area contributed by atoms with E-state index in [1.165, 1.54) is 11.9 Å². The van der Waals surface area contributed by atoms with Gasteiger partial charge in [0.15, 0.2) is 0 Å². The summed E-state index contributed by atoms with van der Waals surface area (Å²) in [4.78, 5) is 9.48. The summed E-state index contributed by atoms with van der Waals surface area (Å²) in [6.45, 7) is 0. The molecular formula is C16H12ClN3OS. The lowest BCUT2D eigenvalue weighted by Crippen LogP contribution is -1.97. The molecule has 110 valence electrons. The van der Waals surface area contributed by atoms with Gasteiger partial charge in [0.05, 0.1) is 0 Å². The van der Waals surface area contributed by atoms with E-state index in [4.69, 9.17) is 16.3 Å². The number of halogens is 1. The Morgan fingerprint density at radius 1 is 0.909 bits per heavy atom. The molecule has 0 aliphatic carbocycles. The summed E-state index contributed by atoms with van der Waals surface area (Å²) in [7, 11) is 0. The van der Waals surface area contributed by atoms with E-state index >= 15 is 0 Å². The van der Waals surface area contributed by atoms with Crippen LogP contribution in [0.1, 0.15) is 0 Å².